The van der Waals surface area contributed by atoms with Crippen LogP contribution in [0.2, 0.25) is 0 Å². The van der Waals surface area contributed by atoms with Gasteiger partial charge in [-0.1, -0.05) is 12.1 Å². The number of carbonyl (C=O) groups is 1. The van der Waals surface area contributed by atoms with Gasteiger partial charge >= 0.3 is 6.09 Å². The Morgan fingerprint density at radius 2 is 1.96 bits per heavy atom. The van der Waals surface area contributed by atoms with Crippen LogP contribution in [0.25, 0.3) is 0 Å². The Balaban J connectivity index is 1.88. The van der Waals surface area contributed by atoms with Crippen LogP contribution in [-0.4, -0.2) is 23.8 Å². The molecule has 2 N–H and O–H groups in total. The van der Waals surface area contributed by atoms with Crippen molar-refractivity contribution in [1.82, 2.24) is 10.6 Å². The molecule has 5 heteroatoms. The van der Waals surface area contributed by atoms with E-state index in [1.54, 1.807) is 13.0 Å². The second-order valence-electron chi connectivity index (χ2n) is 8.10. The second-order valence-corrected chi connectivity index (χ2v) is 8.10. The van der Waals surface area contributed by atoms with Crippen LogP contribution in [0.1, 0.15) is 70.5 Å². The van der Waals surface area contributed by atoms with E-state index in [1.165, 1.54) is 0 Å². The number of halogens is 1. The molecule has 0 aromatic heterocycles. The molecule has 1 saturated carbocycles. The van der Waals surface area contributed by atoms with E-state index in [2.05, 4.69) is 17.6 Å². The fraction of sp³-hybridized carbons (Fsp3) is 0.650. The lowest BCUT2D eigenvalue weighted by molar-refractivity contribution is 0.0488. The largest absolute Gasteiger partial charge is 0.444 e. The zero-order valence-electron chi connectivity index (χ0n) is 16.0. The first-order chi connectivity index (χ1) is 11.6. The fourth-order valence-electron chi connectivity index (χ4n) is 3.27. The molecule has 3 atom stereocenters. The predicted molar refractivity (Wildman–Crippen MR) is 98.1 cm³/mol. The third kappa shape index (κ3) is 6.31. The minimum Gasteiger partial charge on any atom is -0.444 e. The minimum absolute atomic E-state index is 0.0698. The lowest BCUT2D eigenvalue weighted by atomic mass is 9.90. The molecular weight excluding hydrogens is 319 g/mol. The second kappa shape index (κ2) is 8.17. The van der Waals surface area contributed by atoms with E-state index < -0.39 is 5.60 Å². The summed E-state index contributed by atoms with van der Waals surface area (Å²) in [5.74, 6) is -0.167. The smallest absolute Gasteiger partial charge is 0.407 e. The van der Waals surface area contributed by atoms with Gasteiger partial charge in [0.15, 0.2) is 0 Å². The molecule has 0 saturated heterocycles. The van der Waals surface area contributed by atoms with E-state index in [0.717, 1.165) is 31.2 Å². The van der Waals surface area contributed by atoms with Crippen molar-refractivity contribution in [2.45, 2.75) is 84.0 Å². The summed E-state index contributed by atoms with van der Waals surface area (Å²) < 4.78 is 19.1. The van der Waals surface area contributed by atoms with Gasteiger partial charge in [0.25, 0.3) is 0 Å². The van der Waals surface area contributed by atoms with Gasteiger partial charge in [0.1, 0.15) is 11.4 Å². The van der Waals surface area contributed by atoms with Gasteiger partial charge in [-0.15, -0.1) is 0 Å². The lowest BCUT2D eigenvalue weighted by Crippen LogP contribution is -2.46. The summed E-state index contributed by atoms with van der Waals surface area (Å²) >= 11 is 0. The van der Waals surface area contributed by atoms with E-state index in [4.69, 9.17) is 4.74 Å². The zero-order chi connectivity index (χ0) is 18.6. The Morgan fingerprint density at radius 3 is 2.60 bits per heavy atom. The van der Waals surface area contributed by atoms with Crippen molar-refractivity contribution in [1.29, 1.82) is 0 Å². The van der Waals surface area contributed by atoms with Crippen molar-refractivity contribution in [3.8, 4) is 0 Å². The number of hydrogen-bond donors (Lipinski definition) is 2. The van der Waals surface area contributed by atoms with Gasteiger partial charge in [-0.3, -0.25) is 0 Å². The first kappa shape index (κ1) is 19.7. The number of carbonyl (C=O) groups excluding carboxylic acids is 1. The molecule has 140 valence electrons. The highest BCUT2D eigenvalue weighted by molar-refractivity contribution is 5.68. The average Bonchev–Trinajstić information content (AvgIpc) is 2.48. The molecule has 1 aliphatic carbocycles. The van der Waals surface area contributed by atoms with E-state index >= 15 is 0 Å². The SMILES string of the molecule is Cc1ccc(C(C)NC2CCCC(NC(=O)OC(C)(C)C)C2)cc1F. The van der Waals surface area contributed by atoms with E-state index in [1.807, 2.05) is 32.9 Å². The third-order valence-corrected chi connectivity index (χ3v) is 4.58. The highest BCUT2D eigenvalue weighted by atomic mass is 19.1. The molecule has 0 aliphatic heterocycles. The predicted octanol–water partition coefficient (Wildman–Crippen LogP) is 4.62. The van der Waals surface area contributed by atoms with Crippen LogP contribution in [-0.2, 0) is 4.74 Å². The van der Waals surface area contributed by atoms with Crippen molar-refractivity contribution in [3.05, 3.63) is 35.1 Å². The maximum absolute atomic E-state index is 13.8. The molecular formula is C20H31FN2O2. The normalized spacial score (nSPS) is 22.3. The Morgan fingerprint density at radius 1 is 1.28 bits per heavy atom. The first-order valence-electron chi connectivity index (χ1n) is 9.15. The Hall–Kier alpha value is -1.62. The summed E-state index contributed by atoms with van der Waals surface area (Å²) in [6, 6.07) is 5.87. The van der Waals surface area contributed by atoms with E-state index in [-0.39, 0.29) is 24.0 Å². The summed E-state index contributed by atoms with van der Waals surface area (Å²) in [6.07, 6.45) is 3.58. The van der Waals surface area contributed by atoms with Crippen molar-refractivity contribution < 1.29 is 13.9 Å². The summed E-state index contributed by atoms with van der Waals surface area (Å²) in [6.45, 7) is 9.40. The third-order valence-electron chi connectivity index (χ3n) is 4.58. The van der Waals surface area contributed by atoms with Crippen LogP contribution in [0.15, 0.2) is 18.2 Å². The zero-order valence-corrected chi connectivity index (χ0v) is 16.0. The van der Waals surface area contributed by atoms with Crippen LogP contribution in [0, 0.1) is 12.7 Å². The van der Waals surface area contributed by atoms with Gasteiger partial charge in [-0.25, -0.2) is 9.18 Å². The molecule has 4 nitrogen and oxygen atoms in total. The highest BCUT2D eigenvalue weighted by Crippen LogP contribution is 2.23. The number of amides is 1. The lowest BCUT2D eigenvalue weighted by Gasteiger charge is -2.33. The molecule has 0 spiro atoms. The summed E-state index contributed by atoms with van der Waals surface area (Å²) in [4.78, 5) is 12.0. The van der Waals surface area contributed by atoms with Crippen molar-refractivity contribution in [3.63, 3.8) is 0 Å². The standard InChI is InChI=1S/C20H31FN2O2/c1-13-9-10-15(11-18(13)21)14(2)22-16-7-6-8-17(12-16)23-19(24)25-20(3,4)5/h9-11,14,16-17,22H,6-8,12H2,1-5H3,(H,23,24). The number of aryl methyl sites for hydroxylation is 1. The Labute approximate surface area is 150 Å². The van der Waals surface area contributed by atoms with Crippen molar-refractivity contribution in [2.24, 2.45) is 0 Å². The molecule has 1 fully saturated rings. The monoisotopic (exact) mass is 350 g/mol. The number of alkyl carbamates (subject to hydrolysis) is 1. The quantitative estimate of drug-likeness (QED) is 0.833. The molecule has 0 bridgehead atoms. The molecule has 25 heavy (non-hydrogen) atoms. The van der Waals surface area contributed by atoms with E-state index in [0.29, 0.717) is 11.6 Å². The molecule has 2 rings (SSSR count). The summed E-state index contributed by atoms with van der Waals surface area (Å²) in [7, 11) is 0. The van der Waals surface area contributed by atoms with Gasteiger partial charge in [0.05, 0.1) is 0 Å². The van der Waals surface area contributed by atoms with Crippen LogP contribution in [0.3, 0.4) is 0 Å². The summed E-state index contributed by atoms with van der Waals surface area (Å²) in [5.41, 5.74) is 1.13. The number of ether oxygens (including phenoxy) is 1. The van der Waals surface area contributed by atoms with Crippen LogP contribution < -0.4 is 10.6 Å². The fourth-order valence-corrected chi connectivity index (χ4v) is 3.27. The van der Waals surface area contributed by atoms with Gasteiger partial charge in [0.2, 0.25) is 0 Å². The minimum atomic E-state index is -0.486. The van der Waals surface area contributed by atoms with Gasteiger partial charge in [0, 0.05) is 18.1 Å². The molecule has 3 unspecified atom stereocenters. The summed E-state index contributed by atoms with van der Waals surface area (Å²) in [5, 5.41) is 6.55. The number of benzene rings is 1. The molecule has 1 aromatic rings. The molecule has 1 amide bonds. The van der Waals surface area contributed by atoms with Crippen LogP contribution in [0.4, 0.5) is 9.18 Å². The van der Waals surface area contributed by atoms with Crippen molar-refractivity contribution >= 4 is 6.09 Å². The molecule has 1 aliphatic rings. The molecule has 0 radical (unpaired) electrons. The van der Waals surface area contributed by atoms with Crippen LogP contribution in [0.5, 0.6) is 0 Å². The number of nitrogens with one attached hydrogen (secondary N) is 2. The maximum Gasteiger partial charge on any atom is 0.407 e. The highest BCUT2D eigenvalue weighted by Gasteiger charge is 2.26. The van der Waals surface area contributed by atoms with Gasteiger partial charge < -0.3 is 15.4 Å². The van der Waals surface area contributed by atoms with Crippen molar-refractivity contribution in [2.75, 3.05) is 0 Å². The maximum atomic E-state index is 13.8. The van der Waals surface area contributed by atoms with Gasteiger partial charge in [-0.2, -0.15) is 0 Å². The Bertz CT molecular complexity index is 598. The first-order valence-corrected chi connectivity index (χ1v) is 9.15. The average molecular weight is 350 g/mol. The van der Waals surface area contributed by atoms with Crippen LogP contribution >= 0.6 is 0 Å². The number of rotatable bonds is 4. The topological polar surface area (TPSA) is 50.4 Å². The Kier molecular flexibility index (Phi) is 6.44. The van der Waals surface area contributed by atoms with E-state index in [9.17, 15) is 9.18 Å². The van der Waals surface area contributed by atoms with Gasteiger partial charge in [-0.05, 0) is 77.5 Å². The molecule has 1 aromatic carbocycles. The molecule has 0 heterocycles. The number of hydrogen-bond acceptors (Lipinski definition) is 3.